The number of aromatic nitrogens is 1. The number of pyridine rings is 1. The molecule has 0 spiro atoms. The maximum Gasteiger partial charge on any atom is 0.340 e. The zero-order valence-corrected chi connectivity index (χ0v) is 17.0. The lowest BCUT2D eigenvalue weighted by Crippen LogP contribution is -2.33. The lowest BCUT2D eigenvalue weighted by Gasteiger charge is -2.20. The van der Waals surface area contributed by atoms with Gasteiger partial charge in [-0.1, -0.05) is 12.1 Å². The maximum absolute atomic E-state index is 12.6. The summed E-state index contributed by atoms with van der Waals surface area (Å²) in [6.45, 7) is -0.283. The Kier molecular flexibility index (Phi) is 7.00. The molecule has 0 aliphatic carbocycles. The number of nitrogens with one attached hydrogen (secondary N) is 1. The van der Waals surface area contributed by atoms with E-state index in [1.165, 1.54) is 43.7 Å². The Morgan fingerprint density at radius 3 is 2.58 bits per heavy atom. The number of hydrogen-bond donors (Lipinski definition) is 1. The van der Waals surface area contributed by atoms with Gasteiger partial charge in [0.25, 0.3) is 11.8 Å². The van der Waals surface area contributed by atoms with E-state index in [2.05, 4.69) is 10.3 Å². The number of rotatable bonds is 8. The molecular weight excluding hydrogens is 402 g/mol. The Labute approximate surface area is 178 Å². The molecule has 0 aliphatic rings. The minimum Gasteiger partial charge on any atom is -0.481 e. The molecule has 31 heavy (non-hydrogen) atoms. The highest BCUT2D eigenvalue weighted by Gasteiger charge is 2.20. The predicted octanol–water partition coefficient (Wildman–Crippen LogP) is 2.43. The van der Waals surface area contributed by atoms with E-state index >= 15 is 0 Å². The highest BCUT2D eigenvalue weighted by molar-refractivity contribution is 6.05. The van der Waals surface area contributed by atoms with Crippen molar-refractivity contribution >= 4 is 23.5 Å². The molecule has 0 saturated carbocycles. The molecule has 3 aromatic rings. The first-order chi connectivity index (χ1) is 15.0. The summed E-state index contributed by atoms with van der Waals surface area (Å²) in [4.78, 5) is 42.5. The number of carbonyl (C=O) groups is 3. The van der Waals surface area contributed by atoms with Crippen molar-refractivity contribution in [2.75, 3.05) is 25.7 Å². The number of likely N-dealkylation sites (N-methyl/N-ethyl adjacent to an activating group) is 1. The first-order valence-corrected chi connectivity index (χ1v) is 9.33. The van der Waals surface area contributed by atoms with Gasteiger partial charge in [0, 0.05) is 19.3 Å². The van der Waals surface area contributed by atoms with Crippen LogP contribution in [0.1, 0.15) is 26.5 Å². The number of para-hydroxylation sites is 1. The summed E-state index contributed by atoms with van der Waals surface area (Å²) < 4.78 is 15.2. The average molecular weight is 423 g/mol. The molecule has 0 bridgehead atoms. The molecule has 2 aromatic heterocycles. The largest absolute Gasteiger partial charge is 0.481 e. The number of furan rings is 1. The van der Waals surface area contributed by atoms with Gasteiger partial charge in [-0.2, -0.15) is 0 Å². The van der Waals surface area contributed by atoms with Crippen LogP contribution in [0.5, 0.6) is 5.88 Å². The number of benzene rings is 1. The topological polar surface area (TPSA) is 111 Å². The van der Waals surface area contributed by atoms with Crippen molar-refractivity contribution in [1.82, 2.24) is 10.3 Å². The number of nitrogens with zero attached hydrogens (tertiary/aromatic N) is 2. The molecule has 2 heterocycles. The number of esters is 1. The number of carbonyl (C=O) groups excluding carboxylic acids is 3. The number of ether oxygens (including phenoxy) is 2. The van der Waals surface area contributed by atoms with Crippen LogP contribution in [0.25, 0.3) is 0 Å². The van der Waals surface area contributed by atoms with E-state index in [-0.39, 0.29) is 18.0 Å². The second-order valence-corrected chi connectivity index (χ2v) is 6.40. The maximum atomic E-state index is 12.6. The fourth-order valence-corrected chi connectivity index (χ4v) is 2.70. The van der Waals surface area contributed by atoms with Gasteiger partial charge in [0.2, 0.25) is 5.88 Å². The van der Waals surface area contributed by atoms with E-state index in [0.29, 0.717) is 22.9 Å². The van der Waals surface area contributed by atoms with Crippen molar-refractivity contribution in [3.63, 3.8) is 0 Å². The van der Waals surface area contributed by atoms with E-state index in [4.69, 9.17) is 13.9 Å². The summed E-state index contributed by atoms with van der Waals surface area (Å²) in [5.74, 6) is -0.597. The second kappa shape index (κ2) is 10.1. The lowest BCUT2D eigenvalue weighted by molar-refractivity contribution is -0.121. The average Bonchev–Trinajstić information content (AvgIpc) is 3.34. The quantitative estimate of drug-likeness (QED) is 0.554. The van der Waals surface area contributed by atoms with Gasteiger partial charge in [-0.3, -0.25) is 9.59 Å². The summed E-state index contributed by atoms with van der Waals surface area (Å²) >= 11 is 0. The van der Waals surface area contributed by atoms with Gasteiger partial charge in [0.05, 0.1) is 36.7 Å². The first kappa shape index (κ1) is 21.6. The van der Waals surface area contributed by atoms with Gasteiger partial charge in [0.15, 0.2) is 6.61 Å². The number of amides is 2. The molecule has 2 amide bonds. The van der Waals surface area contributed by atoms with Crippen LogP contribution in [-0.2, 0) is 16.1 Å². The van der Waals surface area contributed by atoms with Crippen LogP contribution in [0.2, 0.25) is 0 Å². The molecular formula is C22H21N3O6. The van der Waals surface area contributed by atoms with Crippen molar-refractivity contribution in [2.45, 2.75) is 6.54 Å². The van der Waals surface area contributed by atoms with Crippen molar-refractivity contribution in [3.05, 3.63) is 77.9 Å². The Balaban J connectivity index is 1.62. The SMILES string of the molecule is COc1ccc(C(=O)OCC(=O)N(C)c2ccccc2C(=O)NCc2ccco2)cn1. The molecule has 9 heteroatoms. The van der Waals surface area contributed by atoms with Crippen molar-refractivity contribution in [3.8, 4) is 5.88 Å². The van der Waals surface area contributed by atoms with Gasteiger partial charge >= 0.3 is 5.97 Å². The number of methoxy groups -OCH3 is 1. The molecule has 0 unspecified atom stereocenters. The summed E-state index contributed by atoms with van der Waals surface area (Å²) in [6, 6.07) is 13.1. The van der Waals surface area contributed by atoms with Crippen LogP contribution in [0.4, 0.5) is 5.69 Å². The molecule has 160 valence electrons. The third kappa shape index (κ3) is 5.47. The second-order valence-electron chi connectivity index (χ2n) is 6.40. The minimum atomic E-state index is -0.693. The van der Waals surface area contributed by atoms with Crippen LogP contribution in [0.3, 0.4) is 0 Å². The molecule has 0 fully saturated rings. The molecule has 0 aliphatic heterocycles. The normalized spacial score (nSPS) is 10.3. The van der Waals surface area contributed by atoms with Crippen molar-refractivity contribution in [2.24, 2.45) is 0 Å². The van der Waals surface area contributed by atoms with Crippen molar-refractivity contribution < 1.29 is 28.3 Å². The van der Waals surface area contributed by atoms with E-state index in [1.807, 2.05) is 0 Å². The van der Waals surface area contributed by atoms with Crippen LogP contribution in [0, 0.1) is 0 Å². The summed E-state index contributed by atoms with van der Waals surface area (Å²) in [5.41, 5.74) is 0.871. The summed E-state index contributed by atoms with van der Waals surface area (Å²) in [6.07, 6.45) is 2.82. The minimum absolute atomic E-state index is 0.189. The molecule has 1 aromatic carbocycles. The highest BCUT2D eigenvalue weighted by atomic mass is 16.5. The van der Waals surface area contributed by atoms with Crippen LogP contribution in [0.15, 0.2) is 65.4 Å². The number of anilines is 1. The fraction of sp³-hybridized carbons (Fsp3) is 0.182. The van der Waals surface area contributed by atoms with E-state index in [0.717, 1.165) is 0 Å². The smallest absolute Gasteiger partial charge is 0.340 e. The zero-order valence-electron chi connectivity index (χ0n) is 17.0. The lowest BCUT2D eigenvalue weighted by atomic mass is 10.1. The van der Waals surface area contributed by atoms with Crippen LogP contribution >= 0.6 is 0 Å². The van der Waals surface area contributed by atoms with Gasteiger partial charge < -0.3 is 24.1 Å². The van der Waals surface area contributed by atoms with Gasteiger partial charge in [0.1, 0.15) is 5.76 Å². The highest BCUT2D eigenvalue weighted by Crippen LogP contribution is 2.20. The third-order valence-corrected chi connectivity index (χ3v) is 4.40. The van der Waals surface area contributed by atoms with Gasteiger partial charge in [-0.15, -0.1) is 0 Å². The molecule has 0 atom stereocenters. The molecule has 0 radical (unpaired) electrons. The third-order valence-electron chi connectivity index (χ3n) is 4.40. The van der Waals surface area contributed by atoms with Gasteiger partial charge in [-0.25, -0.2) is 9.78 Å². The first-order valence-electron chi connectivity index (χ1n) is 9.33. The summed E-state index contributed by atoms with van der Waals surface area (Å²) in [7, 11) is 2.97. The van der Waals surface area contributed by atoms with Crippen LogP contribution in [-0.4, -0.2) is 43.5 Å². The number of hydrogen-bond acceptors (Lipinski definition) is 7. The molecule has 9 nitrogen and oxygen atoms in total. The Morgan fingerprint density at radius 2 is 1.90 bits per heavy atom. The zero-order chi connectivity index (χ0) is 22.2. The van der Waals surface area contributed by atoms with E-state index in [9.17, 15) is 14.4 Å². The predicted molar refractivity (Wildman–Crippen MR) is 111 cm³/mol. The van der Waals surface area contributed by atoms with E-state index in [1.54, 1.807) is 36.4 Å². The van der Waals surface area contributed by atoms with Gasteiger partial charge in [-0.05, 0) is 30.3 Å². The Morgan fingerprint density at radius 1 is 1.10 bits per heavy atom. The fourth-order valence-electron chi connectivity index (χ4n) is 2.70. The monoisotopic (exact) mass is 423 g/mol. The summed E-state index contributed by atoms with van der Waals surface area (Å²) in [5, 5.41) is 2.74. The van der Waals surface area contributed by atoms with Crippen molar-refractivity contribution in [1.29, 1.82) is 0 Å². The molecule has 0 saturated heterocycles. The Hall–Kier alpha value is -4.14. The molecule has 1 N–H and O–H groups in total. The standard InChI is InChI=1S/C22H21N3O6/c1-25(20(26)14-31-22(28)15-9-10-19(29-2)23-12-15)18-8-4-3-7-17(18)21(27)24-13-16-6-5-11-30-16/h3-12H,13-14H2,1-2H3,(H,24,27). The molecule has 3 rings (SSSR count). The Bertz CT molecular complexity index is 1050. The van der Waals surface area contributed by atoms with E-state index < -0.39 is 18.5 Å². The van der Waals surface area contributed by atoms with Crippen LogP contribution < -0.4 is 15.0 Å².